The topological polar surface area (TPSA) is 113 Å². The van der Waals surface area contributed by atoms with Gasteiger partial charge in [-0.2, -0.15) is 0 Å². The summed E-state index contributed by atoms with van der Waals surface area (Å²) in [4.78, 5) is 47.2. The molecule has 2 aromatic carbocycles. The molecule has 8 rings (SSSR count). The Morgan fingerprint density at radius 1 is 0.782 bits per heavy atom. The van der Waals surface area contributed by atoms with Crippen LogP contribution in [-0.2, 0) is 30.2 Å². The minimum atomic E-state index is -1.91. The standard InChI is InChI=1S/C43H46N6O5Si/c1-52-43(51)37-26-35-34-25-31(33-11-14-39(45-28-33)48-18-22-54-23-19-48)9-12-36(34)46-41(35)42(49(37)40(50)15-24-55(2,3)4)30-7-5-29(6-8-30)32-10-13-38(44-27-32)47-16-20-53-21-17-47/h5-14,25,27-28,37,42,46H,16-23,26H2,1-4H3. The molecule has 0 radical (unpaired) electrons. The Kier molecular flexibility index (Phi) is 10.2. The third-order valence-corrected chi connectivity index (χ3v) is 11.4. The van der Waals surface area contributed by atoms with E-state index in [0.29, 0.717) is 26.4 Å². The Bertz CT molecular complexity index is 2240. The highest BCUT2D eigenvalue weighted by atomic mass is 28.3. The van der Waals surface area contributed by atoms with Crippen LogP contribution >= 0.6 is 0 Å². The fraction of sp³-hybridized carbons (Fsp3) is 0.349. The summed E-state index contributed by atoms with van der Waals surface area (Å²) in [6, 6.07) is 21.3. The minimum absolute atomic E-state index is 0.287. The molecule has 0 aliphatic carbocycles. The van der Waals surface area contributed by atoms with E-state index in [0.717, 1.165) is 87.8 Å². The molecule has 3 aliphatic rings. The van der Waals surface area contributed by atoms with Gasteiger partial charge in [0, 0.05) is 72.7 Å². The quantitative estimate of drug-likeness (QED) is 0.129. The van der Waals surface area contributed by atoms with Crippen LogP contribution in [-0.4, -0.2) is 106 Å². The van der Waals surface area contributed by atoms with Gasteiger partial charge >= 0.3 is 5.97 Å². The highest BCUT2D eigenvalue weighted by Crippen LogP contribution is 2.42. The summed E-state index contributed by atoms with van der Waals surface area (Å²) in [6.07, 6.45) is 4.10. The predicted molar refractivity (Wildman–Crippen MR) is 217 cm³/mol. The molecule has 2 unspecified atom stereocenters. The van der Waals surface area contributed by atoms with E-state index in [2.05, 4.69) is 82.3 Å². The van der Waals surface area contributed by atoms with E-state index in [4.69, 9.17) is 24.2 Å². The summed E-state index contributed by atoms with van der Waals surface area (Å²) in [7, 11) is -0.542. The van der Waals surface area contributed by atoms with Crippen LogP contribution in [0.1, 0.15) is 22.9 Å². The number of morpholine rings is 2. The van der Waals surface area contributed by atoms with E-state index in [1.54, 1.807) is 4.90 Å². The van der Waals surface area contributed by atoms with E-state index >= 15 is 0 Å². The van der Waals surface area contributed by atoms with Crippen molar-refractivity contribution < 1.29 is 23.8 Å². The molecule has 3 aromatic heterocycles. The second-order valence-electron chi connectivity index (χ2n) is 15.3. The van der Waals surface area contributed by atoms with E-state index in [1.165, 1.54) is 7.11 Å². The molecule has 3 aliphatic heterocycles. The number of anilines is 2. The number of hydrogen-bond acceptors (Lipinski definition) is 9. The fourth-order valence-corrected chi connectivity index (χ4v) is 8.15. The van der Waals surface area contributed by atoms with Gasteiger partial charge in [-0.3, -0.25) is 4.79 Å². The molecule has 282 valence electrons. The van der Waals surface area contributed by atoms with E-state index in [9.17, 15) is 9.59 Å². The summed E-state index contributed by atoms with van der Waals surface area (Å²) in [5, 5.41) is 0.993. The Hall–Kier alpha value is -5.48. The Morgan fingerprint density at radius 3 is 1.89 bits per heavy atom. The Labute approximate surface area is 322 Å². The highest BCUT2D eigenvalue weighted by Gasteiger charge is 2.44. The molecule has 1 N–H and O–H groups in total. The molecule has 0 bridgehead atoms. The summed E-state index contributed by atoms with van der Waals surface area (Å²) < 4.78 is 16.4. The van der Waals surface area contributed by atoms with Crippen molar-refractivity contribution in [2.24, 2.45) is 0 Å². The van der Waals surface area contributed by atoms with Gasteiger partial charge in [-0.15, -0.1) is 5.54 Å². The lowest BCUT2D eigenvalue weighted by Crippen LogP contribution is -2.51. The lowest BCUT2D eigenvalue weighted by Gasteiger charge is -2.40. The number of carbonyl (C=O) groups excluding carboxylic acids is 2. The van der Waals surface area contributed by atoms with Crippen molar-refractivity contribution in [3.8, 4) is 33.7 Å². The van der Waals surface area contributed by atoms with Gasteiger partial charge in [0.15, 0.2) is 0 Å². The molecule has 55 heavy (non-hydrogen) atoms. The number of amides is 1. The molecule has 12 heteroatoms. The monoisotopic (exact) mass is 754 g/mol. The van der Waals surface area contributed by atoms with Gasteiger partial charge in [0.05, 0.1) is 39.6 Å². The van der Waals surface area contributed by atoms with Crippen LogP contribution in [0.2, 0.25) is 19.6 Å². The molecule has 6 heterocycles. The number of carbonyl (C=O) groups is 2. The molecule has 2 fully saturated rings. The number of nitrogens with one attached hydrogen (secondary N) is 1. The number of aromatic amines is 1. The molecule has 0 spiro atoms. The van der Waals surface area contributed by atoms with Crippen molar-refractivity contribution in [2.75, 3.05) is 69.5 Å². The number of rotatable bonds is 6. The molecule has 11 nitrogen and oxygen atoms in total. The SMILES string of the molecule is COC(=O)C1Cc2c([nH]c3ccc(-c4ccc(N5CCOCC5)nc4)cc23)C(c2ccc(-c3ccc(N4CCOCC4)nc3)cc2)N1C(=O)C#C[Si](C)(C)C. The maximum absolute atomic E-state index is 14.2. The van der Waals surface area contributed by atoms with Gasteiger partial charge in [0.2, 0.25) is 0 Å². The van der Waals surface area contributed by atoms with Crippen LogP contribution < -0.4 is 9.80 Å². The largest absolute Gasteiger partial charge is 0.467 e. The number of benzene rings is 2. The maximum Gasteiger partial charge on any atom is 0.328 e. The molecule has 2 saturated heterocycles. The summed E-state index contributed by atoms with van der Waals surface area (Å²) in [6.45, 7) is 12.4. The third kappa shape index (κ3) is 7.60. The molecule has 2 atom stereocenters. The lowest BCUT2D eigenvalue weighted by molar-refractivity contribution is -0.153. The molecule has 0 saturated carbocycles. The van der Waals surface area contributed by atoms with Crippen LogP contribution in [0.4, 0.5) is 11.6 Å². The third-order valence-electron chi connectivity index (χ3n) is 10.5. The fourth-order valence-electron chi connectivity index (χ4n) is 7.67. The number of H-pyrrole nitrogens is 1. The van der Waals surface area contributed by atoms with E-state index in [1.807, 2.05) is 42.7 Å². The zero-order valence-electron chi connectivity index (χ0n) is 31.8. The van der Waals surface area contributed by atoms with Crippen molar-refractivity contribution in [1.82, 2.24) is 19.9 Å². The Morgan fingerprint density at radius 2 is 1.35 bits per heavy atom. The number of methoxy groups -OCH3 is 1. The van der Waals surface area contributed by atoms with Crippen molar-refractivity contribution in [1.29, 1.82) is 0 Å². The molecule has 5 aromatic rings. The van der Waals surface area contributed by atoms with E-state index < -0.39 is 32.0 Å². The first kappa shape index (κ1) is 36.5. The molecule has 1 amide bonds. The lowest BCUT2D eigenvalue weighted by atomic mass is 9.87. The number of nitrogens with zero attached hydrogens (tertiary/aromatic N) is 5. The second-order valence-corrected chi connectivity index (χ2v) is 20.0. The van der Waals surface area contributed by atoms with Gasteiger partial charge in [-0.25, -0.2) is 14.8 Å². The van der Waals surface area contributed by atoms with Crippen molar-refractivity contribution in [3.63, 3.8) is 0 Å². The van der Waals surface area contributed by atoms with Crippen LogP contribution in [0, 0.1) is 11.5 Å². The summed E-state index contributed by atoms with van der Waals surface area (Å²) in [5.74, 6) is 3.93. The second kappa shape index (κ2) is 15.3. The minimum Gasteiger partial charge on any atom is -0.467 e. The number of hydrogen-bond donors (Lipinski definition) is 1. The van der Waals surface area contributed by atoms with Crippen molar-refractivity contribution in [3.05, 3.63) is 95.9 Å². The van der Waals surface area contributed by atoms with Gasteiger partial charge in [0.25, 0.3) is 5.91 Å². The first-order valence-electron chi connectivity index (χ1n) is 18.9. The first-order valence-corrected chi connectivity index (χ1v) is 22.4. The van der Waals surface area contributed by atoms with Crippen molar-refractivity contribution in [2.45, 2.75) is 38.1 Å². The smallest absolute Gasteiger partial charge is 0.328 e. The molecular weight excluding hydrogens is 709 g/mol. The average Bonchev–Trinajstić information content (AvgIpc) is 3.60. The van der Waals surface area contributed by atoms with Gasteiger partial charge in [0.1, 0.15) is 25.8 Å². The number of ether oxygens (including phenoxy) is 3. The van der Waals surface area contributed by atoms with Gasteiger partial charge in [-0.05, 0) is 64.6 Å². The van der Waals surface area contributed by atoms with Crippen LogP contribution in [0.5, 0.6) is 0 Å². The van der Waals surface area contributed by atoms with Crippen LogP contribution in [0.3, 0.4) is 0 Å². The number of fused-ring (bicyclic) bond motifs is 3. The number of pyridine rings is 2. The maximum atomic E-state index is 14.2. The zero-order chi connectivity index (χ0) is 38.1. The van der Waals surface area contributed by atoms with E-state index in [-0.39, 0.29) is 6.42 Å². The highest BCUT2D eigenvalue weighted by molar-refractivity contribution is 6.84. The zero-order valence-corrected chi connectivity index (χ0v) is 32.8. The summed E-state index contributed by atoms with van der Waals surface area (Å²) >= 11 is 0. The average molecular weight is 755 g/mol. The van der Waals surface area contributed by atoms with Crippen LogP contribution in [0.15, 0.2) is 79.1 Å². The molecular formula is C43H46N6O5Si. The summed E-state index contributed by atoms with van der Waals surface area (Å²) in [5.41, 5.74) is 10.8. The predicted octanol–water partition coefficient (Wildman–Crippen LogP) is 5.86. The van der Waals surface area contributed by atoms with Gasteiger partial charge < -0.3 is 33.9 Å². The van der Waals surface area contributed by atoms with Crippen molar-refractivity contribution >= 4 is 42.5 Å². The van der Waals surface area contributed by atoms with Gasteiger partial charge in [-0.1, -0.05) is 50.0 Å². The van der Waals surface area contributed by atoms with Crippen LogP contribution in [0.25, 0.3) is 33.2 Å². The number of aromatic nitrogens is 3. The normalized spacial score (nSPS) is 18.7. The number of esters is 1. The first-order chi connectivity index (χ1) is 26.7. The Balaban J connectivity index is 1.18.